The summed E-state index contributed by atoms with van der Waals surface area (Å²) < 4.78 is 22.8. The fraction of sp³-hybridized carbons (Fsp3) is 0.375. The van der Waals surface area contributed by atoms with Crippen LogP contribution in [0.3, 0.4) is 0 Å². The first-order chi connectivity index (χ1) is 19.7. The van der Waals surface area contributed by atoms with Crippen LogP contribution >= 0.6 is 0 Å². The molecule has 1 N–H and O–H groups in total. The van der Waals surface area contributed by atoms with Crippen LogP contribution in [0.4, 0.5) is 16.2 Å². The van der Waals surface area contributed by atoms with Crippen molar-refractivity contribution in [1.29, 1.82) is 0 Å². The maximum absolute atomic E-state index is 14.2. The van der Waals surface area contributed by atoms with Crippen LogP contribution < -0.4 is 24.4 Å². The van der Waals surface area contributed by atoms with Gasteiger partial charge in [-0.25, -0.2) is 4.79 Å². The Hall–Kier alpha value is -4.40. The molecule has 7 rings (SSSR count). The van der Waals surface area contributed by atoms with Crippen LogP contribution in [0.2, 0.25) is 0 Å². The van der Waals surface area contributed by atoms with Gasteiger partial charge in [-0.3, -0.25) is 4.79 Å². The molecule has 1 unspecified atom stereocenters. The fourth-order valence-electron chi connectivity index (χ4n) is 6.22. The topological polar surface area (TPSA) is 89.6 Å². The summed E-state index contributed by atoms with van der Waals surface area (Å²) in [6.07, 6.45) is 0.581. The van der Waals surface area contributed by atoms with E-state index in [4.69, 9.17) is 18.9 Å². The standard InChI is InChI=1S/C32H33N3O6/c1-31(2,3)41-30(37)34-13-12-22(17-34)33-21-10-8-20(9-11-21)16-35-25-7-5-4-6-23(25)32(29(35)36)18-38-26-15-28-27(14-24(26)32)39-19-40-28/h4-11,14-15,22,33H,12-13,16-19H2,1-3H3/t22-,32?/m1/s1. The number of ether oxygens (including phenoxy) is 4. The van der Waals surface area contributed by atoms with E-state index in [9.17, 15) is 9.59 Å². The van der Waals surface area contributed by atoms with E-state index in [0.29, 0.717) is 36.9 Å². The van der Waals surface area contributed by atoms with Crippen LogP contribution in [0.25, 0.3) is 0 Å². The third kappa shape index (κ3) is 4.31. The molecule has 0 aromatic heterocycles. The van der Waals surface area contributed by atoms with Gasteiger partial charge < -0.3 is 34.1 Å². The molecule has 0 aliphatic carbocycles. The minimum Gasteiger partial charge on any atom is -0.491 e. The molecule has 1 fully saturated rings. The smallest absolute Gasteiger partial charge is 0.410 e. The van der Waals surface area contributed by atoms with Gasteiger partial charge in [0.1, 0.15) is 23.4 Å². The largest absolute Gasteiger partial charge is 0.491 e. The number of anilines is 2. The van der Waals surface area contributed by atoms with Crippen LogP contribution in [0.15, 0.2) is 60.7 Å². The van der Waals surface area contributed by atoms with E-state index in [0.717, 1.165) is 34.5 Å². The van der Waals surface area contributed by atoms with Gasteiger partial charge in [0.2, 0.25) is 12.7 Å². The summed E-state index contributed by atoms with van der Waals surface area (Å²) in [4.78, 5) is 30.3. The van der Waals surface area contributed by atoms with E-state index >= 15 is 0 Å². The Kier molecular flexibility index (Phi) is 5.81. The molecular formula is C32H33N3O6. The molecule has 4 aliphatic rings. The molecule has 0 saturated carbocycles. The van der Waals surface area contributed by atoms with Crippen LogP contribution in [0, 0.1) is 0 Å². The number of fused-ring (bicyclic) bond motifs is 5. The van der Waals surface area contributed by atoms with Crippen molar-refractivity contribution < 1.29 is 28.5 Å². The fourth-order valence-corrected chi connectivity index (χ4v) is 6.22. The number of amides is 2. The molecule has 0 radical (unpaired) electrons. The second-order valence-corrected chi connectivity index (χ2v) is 12.1. The van der Waals surface area contributed by atoms with Crippen molar-refractivity contribution in [3.05, 3.63) is 77.4 Å². The second-order valence-electron chi connectivity index (χ2n) is 12.1. The Labute approximate surface area is 238 Å². The molecule has 1 saturated heterocycles. The third-order valence-electron chi connectivity index (χ3n) is 8.15. The molecule has 4 aliphatic heterocycles. The van der Waals surface area contributed by atoms with E-state index in [1.165, 1.54) is 0 Å². The highest BCUT2D eigenvalue weighted by atomic mass is 16.7. The van der Waals surface area contributed by atoms with E-state index in [1.54, 1.807) is 4.90 Å². The molecule has 1 spiro atoms. The highest BCUT2D eigenvalue weighted by Gasteiger charge is 2.57. The van der Waals surface area contributed by atoms with Gasteiger partial charge >= 0.3 is 6.09 Å². The lowest BCUT2D eigenvalue weighted by Crippen LogP contribution is -2.42. The zero-order valence-electron chi connectivity index (χ0n) is 23.4. The van der Waals surface area contributed by atoms with Crippen molar-refractivity contribution in [2.24, 2.45) is 0 Å². The Morgan fingerprint density at radius 1 is 1.00 bits per heavy atom. The predicted octanol–water partition coefficient (Wildman–Crippen LogP) is 5.06. The number of likely N-dealkylation sites (tertiary alicyclic amines) is 1. The van der Waals surface area contributed by atoms with Gasteiger partial charge in [-0.1, -0.05) is 30.3 Å². The van der Waals surface area contributed by atoms with Crippen molar-refractivity contribution >= 4 is 23.4 Å². The summed E-state index contributed by atoms with van der Waals surface area (Å²) in [7, 11) is 0. The molecule has 41 heavy (non-hydrogen) atoms. The van der Waals surface area contributed by atoms with Crippen molar-refractivity contribution in [2.45, 2.75) is 50.8 Å². The maximum Gasteiger partial charge on any atom is 0.410 e. The van der Waals surface area contributed by atoms with Gasteiger partial charge in [0.15, 0.2) is 11.5 Å². The lowest BCUT2D eigenvalue weighted by Gasteiger charge is -2.24. The van der Waals surface area contributed by atoms with Gasteiger partial charge in [-0.15, -0.1) is 0 Å². The summed E-state index contributed by atoms with van der Waals surface area (Å²) in [5.41, 5.74) is 3.21. The van der Waals surface area contributed by atoms with E-state index in [-0.39, 0.29) is 31.4 Å². The number of rotatable bonds is 4. The predicted molar refractivity (Wildman–Crippen MR) is 153 cm³/mol. The number of benzene rings is 3. The molecule has 9 heteroatoms. The van der Waals surface area contributed by atoms with Crippen molar-refractivity contribution in [3.63, 3.8) is 0 Å². The number of para-hydroxylation sites is 1. The van der Waals surface area contributed by atoms with Crippen molar-refractivity contribution in [3.8, 4) is 17.2 Å². The lowest BCUT2D eigenvalue weighted by atomic mass is 9.77. The Balaban J connectivity index is 1.07. The van der Waals surface area contributed by atoms with Crippen LogP contribution in [-0.4, -0.2) is 55.0 Å². The first-order valence-corrected chi connectivity index (χ1v) is 14.0. The minimum absolute atomic E-state index is 0.00768. The van der Waals surface area contributed by atoms with Gasteiger partial charge in [0.25, 0.3) is 0 Å². The zero-order valence-corrected chi connectivity index (χ0v) is 23.4. The zero-order chi connectivity index (χ0) is 28.4. The van der Waals surface area contributed by atoms with Crippen molar-refractivity contribution in [1.82, 2.24) is 4.90 Å². The van der Waals surface area contributed by atoms with Gasteiger partial charge in [-0.05, 0) is 62.6 Å². The summed E-state index contributed by atoms with van der Waals surface area (Å²) in [5.74, 6) is 1.93. The Morgan fingerprint density at radius 2 is 1.76 bits per heavy atom. The molecule has 9 nitrogen and oxygen atoms in total. The number of hydrogen-bond donors (Lipinski definition) is 1. The number of carbonyl (C=O) groups is 2. The maximum atomic E-state index is 14.2. The molecule has 2 amide bonds. The molecule has 2 atom stereocenters. The normalized spacial score (nSPS) is 22.1. The van der Waals surface area contributed by atoms with Crippen LogP contribution in [-0.2, 0) is 21.5 Å². The highest BCUT2D eigenvalue weighted by Crippen LogP contribution is 2.55. The average molecular weight is 556 g/mol. The molecular weight excluding hydrogens is 522 g/mol. The monoisotopic (exact) mass is 555 g/mol. The van der Waals surface area contributed by atoms with Gasteiger partial charge in [-0.2, -0.15) is 0 Å². The van der Waals surface area contributed by atoms with Crippen LogP contribution in [0.1, 0.15) is 43.9 Å². The molecule has 212 valence electrons. The molecule has 4 heterocycles. The third-order valence-corrected chi connectivity index (χ3v) is 8.15. The SMILES string of the molecule is CC(C)(C)OC(=O)N1CC[C@@H](Nc2ccc(CN3C(=O)C4(COc5cc6c(cc54)OCO6)c4ccccc43)cc2)C1. The quantitative estimate of drug-likeness (QED) is 0.481. The van der Waals surface area contributed by atoms with Crippen molar-refractivity contribution in [2.75, 3.05) is 36.7 Å². The molecule has 3 aromatic rings. The van der Waals surface area contributed by atoms with E-state index < -0.39 is 11.0 Å². The summed E-state index contributed by atoms with van der Waals surface area (Å²) in [6, 6.07) is 20.0. The minimum atomic E-state index is -0.920. The second kappa shape index (κ2) is 9.33. The summed E-state index contributed by atoms with van der Waals surface area (Å²) in [6.45, 7) is 7.73. The lowest BCUT2D eigenvalue weighted by molar-refractivity contribution is -0.122. The highest BCUT2D eigenvalue weighted by molar-refractivity contribution is 6.11. The molecule has 3 aromatic carbocycles. The number of nitrogens with zero attached hydrogens (tertiary/aromatic N) is 2. The Morgan fingerprint density at radius 3 is 2.54 bits per heavy atom. The van der Waals surface area contributed by atoms with Gasteiger partial charge in [0, 0.05) is 42.1 Å². The average Bonchev–Trinajstić information content (AvgIpc) is 3.72. The van der Waals surface area contributed by atoms with Crippen LogP contribution in [0.5, 0.6) is 17.2 Å². The van der Waals surface area contributed by atoms with E-state index in [1.807, 2.05) is 86.3 Å². The van der Waals surface area contributed by atoms with E-state index in [2.05, 4.69) is 5.32 Å². The Bertz CT molecular complexity index is 1530. The summed E-state index contributed by atoms with van der Waals surface area (Å²) >= 11 is 0. The number of carbonyl (C=O) groups excluding carboxylic acids is 2. The van der Waals surface area contributed by atoms with Gasteiger partial charge in [0.05, 0.1) is 6.54 Å². The first-order valence-electron chi connectivity index (χ1n) is 14.0. The first kappa shape index (κ1) is 25.6. The summed E-state index contributed by atoms with van der Waals surface area (Å²) in [5, 5.41) is 3.54. The molecule has 0 bridgehead atoms. The number of nitrogens with one attached hydrogen (secondary N) is 1. The number of hydrogen-bond acceptors (Lipinski definition) is 7.